The van der Waals surface area contributed by atoms with Crippen molar-refractivity contribution in [3.8, 4) is 5.75 Å². The quantitative estimate of drug-likeness (QED) is 0.908. The average Bonchev–Trinajstić information content (AvgIpc) is 3.01. The molecule has 106 valence electrons. The van der Waals surface area contributed by atoms with Crippen LogP contribution in [0.15, 0.2) is 41.8 Å². The molecule has 0 spiro atoms. The van der Waals surface area contributed by atoms with E-state index in [0.717, 1.165) is 25.2 Å². The molecule has 0 amide bonds. The van der Waals surface area contributed by atoms with Crippen molar-refractivity contribution in [2.75, 3.05) is 13.7 Å². The number of para-hydroxylation sites is 1. The number of aryl methyl sites for hydroxylation is 1. The summed E-state index contributed by atoms with van der Waals surface area (Å²) in [6.07, 6.45) is 3.45. The lowest BCUT2D eigenvalue weighted by molar-refractivity contribution is 0.183. The van der Waals surface area contributed by atoms with Gasteiger partial charge in [-0.3, -0.25) is 0 Å². The number of hydrogen-bond acceptors (Lipinski definition) is 3. The molecule has 2 heterocycles. The maximum Gasteiger partial charge on any atom is 0.122 e. The predicted molar refractivity (Wildman–Crippen MR) is 84.6 cm³/mol. The van der Waals surface area contributed by atoms with E-state index in [0.29, 0.717) is 12.0 Å². The Morgan fingerprint density at radius 1 is 1.30 bits per heavy atom. The molecule has 1 aromatic carbocycles. The molecular formula is C17H21NOS. The maximum atomic E-state index is 5.92. The van der Waals surface area contributed by atoms with Crippen LogP contribution in [-0.2, 0) is 12.8 Å². The Bertz CT molecular complexity index is 538. The minimum Gasteiger partial charge on any atom is -0.493 e. The number of hydrogen-bond donors (Lipinski definition) is 1. The molecule has 2 unspecified atom stereocenters. The second-order valence-corrected chi connectivity index (χ2v) is 6.43. The SMILES string of the molecule is CNC(CCc1cccs1)C1COc2ccccc2C1. The van der Waals surface area contributed by atoms with Crippen LogP contribution in [0.3, 0.4) is 0 Å². The molecule has 3 rings (SSSR count). The predicted octanol–water partition coefficient (Wildman–Crippen LogP) is 3.52. The zero-order valence-electron chi connectivity index (χ0n) is 11.8. The first-order chi connectivity index (χ1) is 9.86. The van der Waals surface area contributed by atoms with Crippen LogP contribution in [0, 0.1) is 5.92 Å². The summed E-state index contributed by atoms with van der Waals surface area (Å²) in [4.78, 5) is 1.47. The van der Waals surface area contributed by atoms with Gasteiger partial charge in [0.1, 0.15) is 5.75 Å². The van der Waals surface area contributed by atoms with Gasteiger partial charge in [-0.05, 0) is 49.4 Å². The van der Waals surface area contributed by atoms with Crippen LogP contribution in [0.2, 0.25) is 0 Å². The Balaban J connectivity index is 1.62. The number of benzene rings is 1. The lowest BCUT2D eigenvalue weighted by atomic mass is 9.88. The molecule has 0 aliphatic carbocycles. The first-order valence-electron chi connectivity index (χ1n) is 7.27. The van der Waals surface area contributed by atoms with Crippen LogP contribution >= 0.6 is 11.3 Å². The summed E-state index contributed by atoms with van der Waals surface area (Å²) in [6, 6.07) is 13.3. The van der Waals surface area contributed by atoms with E-state index in [9.17, 15) is 0 Å². The van der Waals surface area contributed by atoms with Crippen LogP contribution in [0.25, 0.3) is 0 Å². The van der Waals surface area contributed by atoms with Crippen molar-refractivity contribution < 1.29 is 4.74 Å². The van der Waals surface area contributed by atoms with Crippen molar-refractivity contribution in [3.05, 3.63) is 52.2 Å². The van der Waals surface area contributed by atoms with Crippen LogP contribution < -0.4 is 10.1 Å². The van der Waals surface area contributed by atoms with E-state index in [4.69, 9.17) is 4.74 Å². The third-order valence-electron chi connectivity index (χ3n) is 4.13. The van der Waals surface area contributed by atoms with Crippen LogP contribution in [0.1, 0.15) is 16.9 Å². The Hall–Kier alpha value is -1.32. The summed E-state index contributed by atoms with van der Waals surface area (Å²) >= 11 is 1.85. The molecule has 1 aliphatic rings. The molecule has 0 fully saturated rings. The molecular weight excluding hydrogens is 266 g/mol. The standard InChI is InChI=1S/C17H21NOS/c1-18-16(9-8-15-6-4-10-20-15)14-11-13-5-2-3-7-17(13)19-12-14/h2-7,10,14,16,18H,8-9,11-12H2,1H3. The van der Waals surface area contributed by atoms with Crippen molar-refractivity contribution >= 4 is 11.3 Å². The van der Waals surface area contributed by atoms with E-state index in [1.165, 1.54) is 16.9 Å². The number of rotatable bonds is 5. The number of ether oxygens (including phenoxy) is 1. The highest BCUT2D eigenvalue weighted by molar-refractivity contribution is 7.09. The molecule has 0 radical (unpaired) electrons. The number of nitrogens with one attached hydrogen (secondary N) is 1. The van der Waals surface area contributed by atoms with Crippen molar-refractivity contribution in [1.82, 2.24) is 5.32 Å². The van der Waals surface area contributed by atoms with Crippen molar-refractivity contribution in [1.29, 1.82) is 0 Å². The normalized spacial score (nSPS) is 19.1. The molecule has 1 N–H and O–H groups in total. The molecule has 0 saturated carbocycles. The molecule has 2 nitrogen and oxygen atoms in total. The van der Waals surface area contributed by atoms with Gasteiger partial charge in [-0.15, -0.1) is 11.3 Å². The highest BCUT2D eigenvalue weighted by Gasteiger charge is 2.26. The molecule has 2 atom stereocenters. The monoisotopic (exact) mass is 287 g/mol. The van der Waals surface area contributed by atoms with Crippen molar-refractivity contribution in [2.24, 2.45) is 5.92 Å². The molecule has 0 saturated heterocycles. The molecule has 3 heteroatoms. The minimum atomic E-state index is 0.519. The smallest absolute Gasteiger partial charge is 0.122 e. The zero-order chi connectivity index (χ0) is 13.8. The Morgan fingerprint density at radius 3 is 3.00 bits per heavy atom. The van der Waals surface area contributed by atoms with Crippen molar-refractivity contribution in [2.45, 2.75) is 25.3 Å². The van der Waals surface area contributed by atoms with E-state index in [-0.39, 0.29) is 0 Å². The van der Waals surface area contributed by atoms with Crippen molar-refractivity contribution in [3.63, 3.8) is 0 Å². The summed E-state index contributed by atoms with van der Waals surface area (Å²) < 4.78 is 5.92. The van der Waals surface area contributed by atoms with Crippen LogP contribution in [0.4, 0.5) is 0 Å². The Labute approximate surface area is 124 Å². The highest BCUT2D eigenvalue weighted by atomic mass is 32.1. The second-order valence-electron chi connectivity index (χ2n) is 5.40. The fourth-order valence-corrected chi connectivity index (χ4v) is 3.70. The Kier molecular flexibility index (Phi) is 4.38. The maximum absolute atomic E-state index is 5.92. The van der Waals surface area contributed by atoms with E-state index in [1.54, 1.807) is 0 Å². The van der Waals surface area contributed by atoms with Gasteiger partial charge < -0.3 is 10.1 Å². The van der Waals surface area contributed by atoms with Crippen LogP contribution in [0.5, 0.6) is 5.75 Å². The highest BCUT2D eigenvalue weighted by Crippen LogP contribution is 2.29. The summed E-state index contributed by atoms with van der Waals surface area (Å²) in [6.45, 7) is 0.826. The number of fused-ring (bicyclic) bond motifs is 1. The summed E-state index contributed by atoms with van der Waals surface area (Å²) in [5, 5.41) is 5.65. The Morgan fingerprint density at radius 2 is 2.20 bits per heavy atom. The topological polar surface area (TPSA) is 21.3 Å². The van der Waals surface area contributed by atoms with Gasteiger partial charge in [0.05, 0.1) is 6.61 Å². The third kappa shape index (κ3) is 3.05. The van der Waals surface area contributed by atoms with Gasteiger partial charge in [0.15, 0.2) is 0 Å². The van der Waals surface area contributed by atoms with Crippen LogP contribution in [-0.4, -0.2) is 19.7 Å². The number of thiophene rings is 1. The largest absolute Gasteiger partial charge is 0.493 e. The fourth-order valence-electron chi connectivity index (χ4n) is 2.98. The van der Waals surface area contributed by atoms with E-state index in [1.807, 2.05) is 17.4 Å². The van der Waals surface area contributed by atoms with E-state index in [2.05, 4.69) is 48.1 Å². The van der Waals surface area contributed by atoms with E-state index < -0.39 is 0 Å². The zero-order valence-corrected chi connectivity index (χ0v) is 12.7. The second kappa shape index (κ2) is 6.42. The lowest BCUT2D eigenvalue weighted by Crippen LogP contribution is -2.40. The first kappa shape index (κ1) is 13.7. The van der Waals surface area contributed by atoms with Gasteiger partial charge in [-0.25, -0.2) is 0 Å². The van der Waals surface area contributed by atoms with Gasteiger partial charge in [-0.1, -0.05) is 24.3 Å². The fraction of sp³-hybridized carbons (Fsp3) is 0.412. The van der Waals surface area contributed by atoms with Gasteiger partial charge in [0, 0.05) is 16.8 Å². The summed E-state index contributed by atoms with van der Waals surface area (Å²) in [5.41, 5.74) is 1.35. The molecule has 2 aromatic rings. The molecule has 1 aliphatic heterocycles. The van der Waals surface area contributed by atoms with Gasteiger partial charge in [-0.2, -0.15) is 0 Å². The summed E-state index contributed by atoms with van der Waals surface area (Å²) in [7, 11) is 2.07. The molecule has 1 aromatic heterocycles. The average molecular weight is 287 g/mol. The minimum absolute atomic E-state index is 0.519. The molecule has 0 bridgehead atoms. The van der Waals surface area contributed by atoms with Gasteiger partial charge in [0.25, 0.3) is 0 Å². The van der Waals surface area contributed by atoms with Gasteiger partial charge in [0.2, 0.25) is 0 Å². The molecule has 20 heavy (non-hydrogen) atoms. The third-order valence-corrected chi connectivity index (χ3v) is 5.07. The van der Waals surface area contributed by atoms with Gasteiger partial charge >= 0.3 is 0 Å². The van der Waals surface area contributed by atoms with E-state index >= 15 is 0 Å². The lowest BCUT2D eigenvalue weighted by Gasteiger charge is -2.31. The summed E-state index contributed by atoms with van der Waals surface area (Å²) in [5.74, 6) is 1.63. The first-order valence-corrected chi connectivity index (χ1v) is 8.15.